The van der Waals surface area contributed by atoms with Crippen LogP contribution >= 0.6 is 0 Å². The molecule has 0 aliphatic carbocycles. The van der Waals surface area contributed by atoms with Gasteiger partial charge in [-0.05, 0) is 33.2 Å². The molecule has 1 aromatic heterocycles. The molecule has 1 aromatic rings. The van der Waals surface area contributed by atoms with Gasteiger partial charge in [-0.15, -0.1) is 10.2 Å². The van der Waals surface area contributed by atoms with Crippen molar-refractivity contribution in [1.29, 1.82) is 0 Å². The van der Waals surface area contributed by atoms with Crippen LogP contribution in [0.3, 0.4) is 0 Å². The first-order valence-corrected chi connectivity index (χ1v) is 5.04. The van der Waals surface area contributed by atoms with E-state index in [9.17, 15) is 4.79 Å². The van der Waals surface area contributed by atoms with Crippen LogP contribution in [0.25, 0.3) is 0 Å². The third-order valence-corrected chi connectivity index (χ3v) is 1.93. The Bertz CT molecular complexity index is 349. The first-order chi connectivity index (χ1) is 7.49. The normalized spacial score (nSPS) is 12.5. The van der Waals surface area contributed by atoms with Crippen molar-refractivity contribution in [2.24, 2.45) is 0 Å². The van der Waals surface area contributed by atoms with Crippen molar-refractivity contribution in [1.82, 2.24) is 20.4 Å². The molecule has 88 valence electrons. The van der Waals surface area contributed by atoms with Crippen LogP contribution in [0, 0.1) is 0 Å². The number of anilines is 1. The highest BCUT2D eigenvalue weighted by Crippen LogP contribution is 1.97. The summed E-state index contributed by atoms with van der Waals surface area (Å²) in [5.74, 6) is 0.0692. The molecule has 0 aliphatic heterocycles. The minimum absolute atomic E-state index is 0.0573. The van der Waals surface area contributed by atoms with Crippen LogP contribution in [0.4, 0.5) is 5.82 Å². The van der Waals surface area contributed by atoms with E-state index in [1.165, 1.54) is 0 Å². The lowest BCUT2D eigenvalue weighted by atomic mass is 10.3. The molecule has 1 heterocycles. The van der Waals surface area contributed by atoms with Gasteiger partial charge in [0.25, 0.3) is 5.91 Å². The van der Waals surface area contributed by atoms with Crippen LogP contribution in [0.5, 0.6) is 0 Å². The predicted octanol–water partition coefficient (Wildman–Crippen LogP) is -0.261. The summed E-state index contributed by atoms with van der Waals surface area (Å²) in [6, 6.07) is 3.17. The average Bonchev–Trinajstić information content (AvgIpc) is 2.16. The van der Waals surface area contributed by atoms with Gasteiger partial charge in [0, 0.05) is 12.6 Å². The Morgan fingerprint density at radius 3 is 2.69 bits per heavy atom. The van der Waals surface area contributed by atoms with Crippen molar-refractivity contribution >= 4 is 11.7 Å². The van der Waals surface area contributed by atoms with E-state index < -0.39 is 0 Å². The Morgan fingerprint density at radius 2 is 2.19 bits per heavy atom. The third kappa shape index (κ3) is 3.82. The van der Waals surface area contributed by atoms with Crippen LogP contribution in [0.2, 0.25) is 0 Å². The molecule has 16 heavy (non-hydrogen) atoms. The summed E-state index contributed by atoms with van der Waals surface area (Å²) in [5.41, 5.74) is 5.66. The molecule has 1 amide bonds. The van der Waals surface area contributed by atoms with Gasteiger partial charge in [-0.2, -0.15) is 0 Å². The van der Waals surface area contributed by atoms with Crippen LogP contribution < -0.4 is 11.1 Å². The van der Waals surface area contributed by atoms with Crippen molar-refractivity contribution < 1.29 is 4.79 Å². The number of nitrogens with zero attached hydrogens (tertiary/aromatic N) is 3. The minimum atomic E-state index is -0.234. The number of hydrogen-bond acceptors (Lipinski definition) is 5. The van der Waals surface area contributed by atoms with Gasteiger partial charge < -0.3 is 16.0 Å². The van der Waals surface area contributed by atoms with Gasteiger partial charge in [0.05, 0.1) is 0 Å². The molecule has 1 atom stereocenters. The second-order valence-corrected chi connectivity index (χ2v) is 3.98. The number of likely N-dealkylation sites (N-methyl/N-ethyl adjacent to an activating group) is 1. The zero-order valence-corrected chi connectivity index (χ0v) is 9.77. The summed E-state index contributed by atoms with van der Waals surface area (Å²) in [6.45, 7) is 2.71. The number of hydrogen-bond donors (Lipinski definition) is 2. The highest BCUT2D eigenvalue weighted by molar-refractivity contribution is 5.92. The lowest BCUT2D eigenvalue weighted by molar-refractivity contribution is 0.0928. The Kier molecular flexibility index (Phi) is 4.19. The summed E-state index contributed by atoms with van der Waals surface area (Å²) in [7, 11) is 3.90. The first-order valence-electron chi connectivity index (χ1n) is 5.04. The molecule has 1 rings (SSSR count). The van der Waals surface area contributed by atoms with E-state index in [-0.39, 0.29) is 17.6 Å². The van der Waals surface area contributed by atoms with Gasteiger partial charge in [0.15, 0.2) is 5.69 Å². The van der Waals surface area contributed by atoms with Crippen molar-refractivity contribution in [2.45, 2.75) is 13.0 Å². The number of nitrogen functional groups attached to an aromatic ring is 1. The molecule has 0 aromatic carbocycles. The number of nitrogens with one attached hydrogen (secondary N) is 1. The Hall–Kier alpha value is -1.69. The molecule has 1 unspecified atom stereocenters. The molecular weight excluding hydrogens is 206 g/mol. The van der Waals surface area contributed by atoms with Crippen molar-refractivity contribution in [3.8, 4) is 0 Å². The van der Waals surface area contributed by atoms with Crippen molar-refractivity contribution in [2.75, 3.05) is 26.4 Å². The zero-order valence-electron chi connectivity index (χ0n) is 9.77. The fourth-order valence-electron chi connectivity index (χ4n) is 1.35. The topological polar surface area (TPSA) is 84.1 Å². The molecule has 0 bridgehead atoms. The van der Waals surface area contributed by atoms with Gasteiger partial charge in [0.1, 0.15) is 5.82 Å². The number of carbonyl (C=O) groups is 1. The fourth-order valence-corrected chi connectivity index (χ4v) is 1.35. The Morgan fingerprint density at radius 1 is 1.50 bits per heavy atom. The highest BCUT2D eigenvalue weighted by atomic mass is 16.2. The molecule has 0 radical (unpaired) electrons. The molecule has 0 spiro atoms. The van der Waals surface area contributed by atoms with E-state index in [1.54, 1.807) is 12.1 Å². The van der Waals surface area contributed by atoms with Gasteiger partial charge in [-0.25, -0.2) is 0 Å². The monoisotopic (exact) mass is 223 g/mol. The molecule has 0 fully saturated rings. The van der Waals surface area contributed by atoms with E-state index in [0.717, 1.165) is 6.54 Å². The molecule has 0 saturated heterocycles. The molecule has 0 aliphatic rings. The maximum Gasteiger partial charge on any atom is 0.272 e. The minimum Gasteiger partial charge on any atom is -0.382 e. The predicted molar refractivity (Wildman–Crippen MR) is 61.9 cm³/mol. The van der Waals surface area contributed by atoms with Gasteiger partial charge in [0.2, 0.25) is 0 Å². The largest absolute Gasteiger partial charge is 0.382 e. The molecule has 3 N–H and O–H groups in total. The van der Waals surface area contributed by atoms with Crippen molar-refractivity contribution in [3.63, 3.8) is 0 Å². The third-order valence-electron chi connectivity index (χ3n) is 1.93. The zero-order chi connectivity index (χ0) is 12.1. The Labute approximate surface area is 94.8 Å². The van der Waals surface area contributed by atoms with E-state index in [0.29, 0.717) is 5.82 Å². The van der Waals surface area contributed by atoms with E-state index in [1.807, 2.05) is 25.9 Å². The second kappa shape index (κ2) is 5.41. The van der Waals surface area contributed by atoms with Gasteiger partial charge in [-0.1, -0.05) is 0 Å². The van der Waals surface area contributed by atoms with Crippen LogP contribution in [-0.4, -0.2) is 47.7 Å². The summed E-state index contributed by atoms with van der Waals surface area (Å²) < 4.78 is 0. The van der Waals surface area contributed by atoms with Crippen LogP contribution in [0.1, 0.15) is 17.4 Å². The fraction of sp³-hybridized carbons (Fsp3) is 0.500. The molecule has 6 heteroatoms. The van der Waals surface area contributed by atoms with Crippen LogP contribution in [0.15, 0.2) is 12.1 Å². The maximum absolute atomic E-state index is 11.7. The van der Waals surface area contributed by atoms with Crippen molar-refractivity contribution in [3.05, 3.63) is 17.8 Å². The maximum atomic E-state index is 11.7. The number of amides is 1. The number of carbonyl (C=O) groups excluding carboxylic acids is 1. The first kappa shape index (κ1) is 12.4. The molecule has 6 nitrogen and oxygen atoms in total. The second-order valence-electron chi connectivity index (χ2n) is 3.98. The molecule has 0 saturated carbocycles. The number of nitrogens with two attached hydrogens (primary N) is 1. The smallest absolute Gasteiger partial charge is 0.272 e. The summed E-state index contributed by atoms with van der Waals surface area (Å²) in [4.78, 5) is 13.7. The Balaban J connectivity index is 2.55. The van der Waals surface area contributed by atoms with E-state index in [2.05, 4.69) is 15.5 Å². The highest BCUT2D eigenvalue weighted by Gasteiger charge is 2.11. The van der Waals surface area contributed by atoms with E-state index in [4.69, 9.17) is 5.73 Å². The summed E-state index contributed by atoms with van der Waals surface area (Å²) in [6.07, 6.45) is 0. The summed E-state index contributed by atoms with van der Waals surface area (Å²) in [5, 5.41) is 10.2. The number of rotatable bonds is 4. The SMILES string of the molecule is CC(CN(C)C)NC(=O)c1ccc(N)nn1. The number of aromatic nitrogens is 2. The standard InChI is InChI=1S/C10H17N5O/c1-7(6-15(2)3)12-10(16)8-4-5-9(11)14-13-8/h4-5,7H,6H2,1-3H3,(H2,11,14)(H,12,16). The van der Waals surface area contributed by atoms with Gasteiger partial charge >= 0.3 is 0 Å². The lowest BCUT2D eigenvalue weighted by Crippen LogP contribution is -2.39. The van der Waals surface area contributed by atoms with Gasteiger partial charge in [-0.3, -0.25) is 4.79 Å². The lowest BCUT2D eigenvalue weighted by Gasteiger charge is -2.17. The van der Waals surface area contributed by atoms with Crippen LogP contribution in [-0.2, 0) is 0 Å². The summed E-state index contributed by atoms with van der Waals surface area (Å²) >= 11 is 0. The molecular formula is C10H17N5O. The quantitative estimate of drug-likeness (QED) is 0.734. The van der Waals surface area contributed by atoms with E-state index >= 15 is 0 Å². The average molecular weight is 223 g/mol.